The number of guanidine groups is 1. The lowest BCUT2D eigenvalue weighted by atomic mass is 10.1. The Balaban J connectivity index is 1.28. The molecule has 1 aromatic heterocycles. The highest BCUT2D eigenvalue weighted by molar-refractivity contribution is 5.79. The van der Waals surface area contributed by atoms with Gasteiger partial charge in [0.1, 0.15) is 17.6 Å². The number of benzene rings is 2. The van der Waals surface area contributed by atoms with Gasteiger partial charge in [-0.25, -0.2) is 0 Å². The van der Waals surface area contributed by atoms with Gasteiger partial charge in [0.05, 0.1) is 19.4 Å². The van der Waals surface area contributed by atoms with E-state index in [0.29, 0.717) is 13.1 Å². The minimum atomic E-state index is 0.124. The summed E-state index contributed by atoms with van der Waals surface area (Å²) in [4.78, 5) is 6.62. The fourth-order valence-corrected chi connectivity index (χ4v) is 3.88. The molecule has 2 heterocycles. The summed E-state index contributed by atoms with van der Waals surface area (Å²) in [5.41, 5.74) is 3.81. The number of ether oxygens (including phenoxy) is 1. The smallest absolute Gasteiger partial charge is 0.191 e. The van der Waals surface area contributed by atoms with Gasteiger partial charge in [0, 0.05) is 26.6 Å². The molecule has 1 aliphatic heterocycles. The molecule has 6 heteroatoms. The summed E-state index contributed by atoms with van der Waals surface area (Å²) in [6.45, 7) is 3.04. The van der Waals surface area contributed by atoms with E-state index in [1.54, 1.807) is 13.3 Å². The number of para-hydroxylation sites is 1. The Bertz CT molecular complexity index is 975. The Morgan fingerprint density at radius 1 is 1.00 bits per heavy atom. The Kier molecular flexibility index (Phi) is 6.89. The van der Waals surface area contributed by atoms with Crippen LogP contribution in [-0.2, 0) is 26.1 Å². The molecule has 1 atom stereocenters. The number of rotatable bonds is 8. The molecule has 0 radical (unpaired) electrons. The van der Waals surface area contributed by atoms with Crippen LogP contribution in [0, 0.1) is 0 Å². The van der Waals surface area contributed by atoms with Crippen LogP contribution in [0.5, 0.6) is 5.75 Å². The number of nitrogens with zero attached hydrogens (tertiary/aromatic N) is 2. The Hall–Kier alpha value is -3.25. The van der Waals surface area contributed by atoms with E-state index in [9.17, 15) is 0 Å². The Morgan fingerprint density at radius 2 is 1.81 bits per heavy atom. The predicted octanol–water partition coefficient (Wildman–Crippen LogP) is 3.58. The van der Waals surface area contributed by atoms with Crippen molar-refractivity contribution < 1.29 is 9.15 Å². The molecule has 6 nitrogen and oxygen atoms in total. The SMILES string of the molecule is CN=C(NCc1ccccc1CN(C)Cc1ccco1)NCC1Cc2ccccc2O1. The van der Waals surface area contributed by atoms with Crippen LogP contribution in [0.25, 0.3) is 0 Å². The van der Waals surface area contributed by atoms with E-state index in [1.165, 1.54) is 16.7 Å². The van der Waals surface area contributed by atoms with Crippen LogP contribution < -0.4 is 15.4 Å². The lowest BCUT2D eigenvalue weighted by molar-refractivity contribution is 0.235. The first-order valence-corrected chi connectivity index (χ1v) is 10.7. The maximum absolute atomic E-state index is 6.01. The third kappa shape index (κ3) is 5.67. The van der Waals surface area contributed by atoms with Crippen LogP contribution in [-0.4, -0.2) is 37.6 Å². The molecule has 0 bridgehead atoms. The second-order valence-corrected chi connectivity index (χ2v) is 7.88. The van der Waals surface area contributed by atoms with E-state index in [2.05, 4.69) is 64.0 Å². The first-order chi connectivity index (χ1) is 15.2. The van der Waals surface area contributed by atoms with Gasteiger partial charge in [0.2, 0.25) is 0 Å². The van der Waals surface area contributed by atoms with Gasteiger partial charge in [-0.1, -0.05) is 42.5 Å². The maximum atomic E-state index is 6.01. The topological polar surface area (TPSA) is 62.0 Å². The van der Waals surface area contributed by atoms with Crippen molar-refractivity contribution in [3.05, 3.63) is 89.4 Å². The predicted molar refractivity (Wildman–Crippen MR) is 123 cm³/mol. The minimum Gasteiger partial charge on any atom is -0.488 e. The summed E-state index contributed by atoms with van der Waals surface area (Å²) in [7, 11) is 3.90. The second-order valence-electron chi connectivity index (χ2n) is 7.88. The fourth-order valence-electron chi connectivity index (χ4n) is 3.88. The zero-order valence-corrected chi connectivity index (χ0v) is 18.2. The highest BCUT2D eigenvalue weighted by Gasteiger charge is 2.22. The van der Waals surface area contributed by atoms with Gasteiger partial charge in [-0.2, -0.15) is 0 Å². The first kappa shape index (κ1) is 21.0. The largest absolute Gasteiger partial charge is 0.488 e. The van der Waals surface area contributed by atoms with Crippen molar-refractivity contribution in [1.29, 1.82) is 0 Å². The van der Waals surface area contributed by atoms with E-state index in [1.807, 2.05) is 24.3 Å². The molecule has 0 aliphatic carbocycles. The number of aliphatic imine (C=N–C) groups is 1. The Labute approximate surface area is 183 Å². The van der Waals surface area contributed by atoms with E-state index < -0.39 is 0 Å². The van der Waals surface area contributed by atoms with Crippen LogP contribution in [0.3, 0.4) is 0 Å². The number of hydrogen-bond donors (Lipinski definition) is 2. The molecule has 0 saturated carbocycles. The summed E-state index contributed by atoms with van der Waals surface area (Å²) in [6.07, 6.45) is 2.76. The Morgan fingerprint density at radius 3 is 2.58 bits per heavy atom. The molecule has 0 saturated heterocycles. The maximum Gasteiger partial charge on any atom is 0.191 e. The van der Waals surface area contributed by atoms with Crippen molar-refractivity contribution in [2.24, 2.45) is 4.99 Å². The van der Waals surface area contributed by atoms with E-state index in [0.717, 1.165) is 37.0 Å². The van der Waals surface area contributed by atoms with Crippen molar-refractivity contribution in [3.63, 3.8) is 0 Å². The van der Waals surface area contributed by atoms with Crippen molar-refractivity contribution in [2.75, 3.05) is 20.6 Å². The van der Waals surface area contributed by atoms with Gasteiger partial charge in [-0.3, -0.25) is 9.89 Å². The average Bonchev–Trinajstić information content (AvgIpc) is 3.44. The standard InChI is InChI=1S/C25H30N4O2/c1-26-25(28-16-23-14-19-8-5-6-12-24(19)31-23)27-15-20-9-3-4-10-21(20)17-29(2)18-22-11-7-13-30-22/h3-13,23H,14-18H2,1-2H3,(H2,26,27,28). The van der Waals surface area contributed by atoms with Gasteiger partial charge in [0.25, 0.3) is 0 Å². The number of fused-ring (bicyclic) bond motifs is 1. The van der Waals surface area contributed by atoms with Crippen molar-refractivity contribution in [2.45, 2.75) is 32.2 Å². The highest BCUT2D eigenvalue weighted by Crippen LogP contribution is 2.27. The number of furan rings is 1. The van der Waals surface area contributed by atoms with Gasteiger partial charge >= 0.3 is 0 Å². The third-order valence-corrected chi connectivity index (χ3v) is 5.45. The van der Waals surface area contributed by atoms with Crippen LogP contribution in [0.15, 0.2) is 76.3 Å². The van der Waals surface area contributed by atoms with Crippen LogP contribution in [0.4, 0.5) is 0 Å². The molecular weight excluding hydrogens is 388 g/mol. The normalized spacial score (nSPS) is 15.6. The second kappa shape index (κ2) is 10.2. The fraction of sp³-hybridized carbons (Fsp3) is 0.320. The summed E-state index contributed by atoms with van der Waals surface area (Å²) in [6, 6.07) is 20.7. The molecule has 1 aliphatic rings. The molecular formula is C25H30N4O2. The molecule has 31 heavy (non-hydrogen) atoms. The molecule has 0 amide bonds. The first-order valence-electron chi connectivity index (χ1n) is 10.7. The monoisotopic (exact) mass is 418 g/mol. The third-order valence-electron chi connectivity index (χ3n) is 5.45. The zero-order chi connectivity index (χ0) is 21.5. The molecule has 1 unspecified atom stereocenters. The lowest BCUT2D eigenvalue weighted by Gasteiger charge is -2.19. The number of hydrogen-bond acceptors (Lipinski definition) is 4. The summed E-state index contributed by atoms with van der Waals surface area (Å²) in [5.74, 6) is 2.74. The summed E-state index contributed by atoms with van der Waals surface area (Å²) >= 11 is 0. The summed E-state index contributed by atoms with van der Waals surface area (Å²) in [5, 5.41) is 6.83. The average molecular weight is 419 g/mol. The zero-order valence-electron chi connectivity index (χ0n) is 18.2. The van der Waals surface area contributed by atoms with Crippen LogP contribution in [0.1, 0.15) is 22.5 Å². The van der Waals surface area contributed by atoms with Crippen molar-refractivity contribution in [3.8, 4) is 5.75 Å². The molecule has 2 N–H and O–H groups in total. The molecule has 4 rings (SSSR count). The highest BCUT2D eigenvalue weighted by atomic mass is 16.5. The quantitative estimate of drug-likeness (QED) is 0.433. The molecule has 162 valence electrons. The van der Waals surface area contributed by atoms with E-state index in [4.69, 9.17) is 9.15 Å². The van der Waals surface area contributed by atoms with Gasteiger partial charge < -0.3 is 19.8 Å². The molecule has 2 aromatic carbocycles. The molecule has 3 aromatic rings. The molecule has 0 fully saturated rings. The van der Waals surface area contributed by atoms with Gasteiger partial charge in [-0.15, -0.1) is 0 Å². The van der Waals surface area contributed by atoms with Crippen LogP contribution in [0.2, 0.25) is 0 Å². The lowest BCUT2D eigenvalue weighted by Crippen LogP contribution is -2.42. The molecule has 0 spiro atoms. The van der Waals surface area contributed by atoms with Crippen molar-refractivity contribution in [1.82, 2.24) is 15.5 Å². The van der Waals surface area contributed by atoms with Crippen molar-refractivity contribution >= 4 is 5.96 Å². The van der Waals surface area contributed by atoms with Crippen LogP contribution >= 0.6 is 0 Å². The summed E-state index contributed by atoms with van der Waals surface area (Å²) < 4.78 is 11.5. The van der Waals surface area contributed by atoms with Gasteiger partial charge in [-0.05, 0) is 41.9 Å². The van der Waals surface area contributed by atoms with Gasteiger partial charge in [0.15, 0.2) is 5.96 Å². The number of nitrogens with one attached hydrogen (secondary N) is 2. The van der Waals surface area contributed by atoms with E-state index in [-0.39, 0.29) is 6.10 Å². The minimum absolute atomic E-state index is 0.124. The van der Waals surface area contributed by atoms with E-state index >= 15 is 0 Å².